The van der Waals surface area contributed by atoms with E-state index < -0.39 is 5.97 Å². The zero-order chi connectivity index (χ0) is 11.5. The Kier molecular flexibility index (Phi) is 2.86. The van der Waals surface area contributed by atoms with Gasteiger partial charge in [0.2, 0.25) is 0 Å². The van der Waals surface area contributed by atoms with Gasteiger partial charge in [-0.15, -0.1) is 10.2 Å². The molecule has 6 nitrogen and oxygen atoms in total. The maximum Gasteiger partial charge on any atom is 0.354 e. The molecule has 0 unspecified atom stereocenters. The SMILES string of the molecule is Cn1cnnc1Sc1cccc(C(=O)O)n1. The van der Waals surface area contributed by atoms with E-state index in [0.29, 0.717) is 10.2 Å². The number of carbonyl (C=O) groups is 1. The molecule has 0 bridgehead atoms. The first-order valence-corrected chi connectivity index (χ1v) is 5.20. The van der Waals surface area contributed by atoms with Gasteiger partial charge in [-0.2, -0.15) is 0 Å². The second kappa shape index (κ2) is 4.31. The maximum atomic E-state index is 10.7. The van der Waals surface area contributed by atoms with Crippen molar-refractivity contribution >= 4 is 17.7 Å². The van der Waals surface area contributed by atoms with Gasteiger partial charge in [-0.25, -0.2) is 9.78 Å². The predicted molar refractivity (Wildman–Crippen MR) is 56.3 cm³/mol. The van der Waals surface area contributed by atoms with Crippen LogP contribution in [0.3, 0.4) is 0 Å². The number of hydrogen-bond donors (Lipinski definition) is 1. The van der Waals surface area contributed by atoms with E-state index in [-0.39, 0.29) is 5.69 Å². The van der Waals surface area contributed by atoms with Gasteiger partial charge < -0.3 is 9.67 Å². The average Bonchev–Trinajstić information content (AvgIpc) is 2.65. The Balaban J connectivity index is 2.25. The van der Waals surface area contributed by atoms with Gasteiger partial charge in [0.25, 0.3) is 0 Å². The molecule has 0 fully saturated rings. The fourth-order valence-electron chi connectivity index (χ4n) is 1.05. The van der Waals surface area contributed by atoms with Crippen LogP contribution in [0.5, 0.6) is 0 Å². The monoisotopic (exact) mass is 236 g/mol. The van der Waals surface area contributed by atoms with E-state index in [4.69, 9.17) is 5.11 Å². The van der Waals surface area contributed by atoms with Gasteiger partial charge in [0, 0.05) is 7.05 Å². The lowest BCUT2D eigenvalue weighted by Crippen LogP contribution is -2.00. The number of nitrogens with zero attached hydrogens (tertiary/aromatic N) is 4. The smallest absolute Gasteiger partial charge is 0.354 e. The predicted octanol–water partition coefficient (Wildman–Crippen LogP) is 1.06. The van der Waals surface area contributed by atoms with Crippen LogP contribution in [0.25, 0.3) is 0 Å². The molecule has 0 amide bonds. The van der Waals surface area contributed by atoms with Crippen LogP contribution in [0, 0.1) is 0 Å². The fourth-order valence-corrected chi connectivity index (χ4v) is 1.81. The van der Waals surface area contributed by atoms with Gasteiger partial charge >= 0.3 is 5.97 Å². The summed E-state index contributed by atoms with van der Waals surface area (Å²) >= 11 is 1.27. The number of aromatic nitrogens is 4. The highest BCUT2D eigenvalue weighted by Gasteiger charge is 2.08. The number of aryl methyl sites for hydroxylation is 1. The maximum absolute atomic E-state index is 10.7. The molecule has 82 valence electrons. The summed E-state index contributed by atoms with van der Waals surface area (Å²) in [6, 6.07) is 4.82. The molecule has 0 aliphatic heterocycles. The van der Waals surface area contributed by atoms with Crippen LogP contribution in [0.2, 0.25) is 0 Å². The van der Waals surface area contributed by atoms with Crippen molar-refractivity contribution in [1.82, 2.24) is 19.7 Å². The van der Waals surface area contributed by atoms with Crippen molar-refractivity contribution in [3.8, 4) is 0 Å². The summed E-state index contributed by atoms with van der Waals surface area (Å²) in [6.07, 6.45) is 1.57. The van der Waals surface area contributed by atoms with Crippen LogP contribution in [-0.2, 0) is 7.05 Å². The summed E-state index contributed by atoms with van der Waals surface area (Å²) in [6.45, 7) is 0. The van der Waals surface area contributed by atoms with Crippen molar-refractivity contribution in [3.63, 3.8) is 0 Å². The molecule has 0 atom stereocenters. The van der Waals surface area contributed by atoms with E-state index in [1.54, 1.807) is 23.0 Å². The lowest BCUT2D eigenvalue weighted by Gasteiger charge is -2.00. The highest BCUT2D eigenvalue weighted by Crippen LogP contribution is 2.23. The molecule has 0 saturated heterocycles. The van der Waals surface area contributed by atoms with Crippen molar-refractivity contribution in [1.29, 1.82) is 0 Å². The summed E-state index contributed by atoms with van der Waals surface area (Å²) in [4.78, 5) is 14.7. The number of aromatic carboxylic acids is 1. The van der Waals surface area contributed by atoms with E-state index >= 15 is 0 Å². The lowest BCUT2D eigenvalue weighted by atomic mass is 10.4. The Hall–Kier alpha value is -1.89. The Morgan fingerprint density at radius 2 is 2.31 bits per heavy atom. The number of carboxylic acids is 1. The van der Waals surface area contributed by atoms with Gasteiger partial charge in [0.05, 0.1) is 0 Å². The van der Waals surface area contributed by atoms with Crippen molar-refractivity contribution < 1.29 is 9.90 Å². The molecule has 2 heterocycles. The third-order valence-electron chi connectivity index (χ3n) is 1.81. The average molecular weight is 236 g/mol. The minimum Gasteiger partial charge on any atom is -0.477 e. The van der Waals surface area contributed by atoms with Gasteiger partial charge in [0.15, 0.2) is 5.16 Å². The fraction of sp³-hybridized carbons (Fsp3) is 0.111. The zero-order valence-electron chi connectivity index (χ0n) is 8.36. The first kappa shape index (κ1) is 10.6. The molecule has 2 aromatic heterocycles. The number of rotatable bonds is 3. The van der Waals surface area contributed by atoms with Gasteiger partial charge in [0.1, 0.15) is 17.0 Å². The van der Waals surface area contributed by atoms with Crippen LogP contribution >= 0.6 is 11.8 Å². The Labute approximate surface area is 95.3 Å². The highest BCUT2D eigenvalue weighted by atomic mass is 32.2. The zero-order valence-corrected chi connectivity index (χ0v) is 9.18. The van der Waals surface area contributed by atoms with Crippen molar-refractivity contribution in [2.75, 3.05) is 0 Å². The minimum absolute atomic E-state index is 0.0205. The minimum atomic E-state index is -1.04. The number of carboxylic acid groups (broad SMARTS) is 1. The van der Waals surface area contributed by atoms with Gasteiger partial charge in [-0.3, -0.25) is 0 Å². The van der Waals surface area contributed by atoms with Crippen LogP contribution in [0.1, 0.15) is 10.5 Å². The lowest BCUT2D eigenvalue weighted by molar-refractivity contribution is 0.0689. The summed E-state index contributed by atoms with van der Waals surface area (Å²) < 4.78 is 1.74. The molecule has 1 N–H and O–H groups in total. The molecular formula is C9H8N4O2S. The van der Waals surface area contributed by atoms with Crippen LogP contribution in [-0.4, -0.2) is 30.8 Å². The molecule has 0 aliphatic carbocycles. The normalized spacial score (nSPS) is 10.3. The summed E-state index contributed by atoms with van der Waals surface area (Å²) in [5.41, 5.74) is 0.0205. The molecule has 7 heteroatoms. The molecular weight excluding hydrogens is 228 g/mol. The van der Waals surface area contributed by atoms with E-state index in [1.165, 1.54) is 17.8 Å². The first-order valence-electron chi connectivity index (χ1n) is 4.39. The molecule has 0 saturated carbocycles. The molecule has 0 aromatic carbocycles. The Morgan fingerprint density at radius 3 is 2.94 bits per heavy atom. The molecule has 0 aliphatic rings. The summed E-state index contributed by atoms with van der Waals surface area (Å²) in [7, 11) is 1.81. The Bertz CT molecular complexity index is 526. The van der Waals surface area contributed by atoms with Crippen molar-refractivity contribution in [3.05, 3.63) is 30.2 Å². The van der Waals surface area contributed by atoms with Gasteiger partial charge in [-0.1, -0.05) is 6.07 Å². The first-order chi connectivity index (χ1) is 7.66. The van der Waals surface area contributed by atoms with E-state index in [2.05, 4.69) is 15.2 Å². The quantitative estimate of drug-likeness (QED) is 0.858. The van der Waals surface area contributed by atoms with E-state index in [9.17, 15) is 4.79 Å². The van der Waals surface area contributed by atoms with Gasteiger partial charge in [-0.05, 0) is 23.9 Å². The number of hydrogen-bond acceptors (Lipinski definition) is 5. The molecule has 0 radical (unpaired) electrons. The van der Waals surface area contributed by atoms with Crippen LogP contribution in [0.15, 0.2) is 34.7 Å². The van der Waals surface area contributed by atoms with Crippen LogP contribution < -0.4 is 0 Å². The molecule has 0 spiro atoms. The Morgan fingerprint density at radius 1 is 1.50 bits per heavy atom. The number of pyridine rings is 1. The van der Waals surface area contributed by atoms with E-state index in [1.807, 2.05) is 7.05 Å². The topological polar surface area (TPSA) is 80.9 Å². The molecule has 2 aromatic rings. The summed E-state index contributed by atoms with van der Waals surface area (Å²) in [5.74, 6) is -1.04. The van der Waals surface area contributed by atoms with Crippen molar-refractivity contribution in [2.45, 2.75) is 10.2 Å². The standard InChI is InChI=1S/C9H8N4O2S/c1-13-5-10-12-9(13)16-7-4-2-3-6(11-7)8(14)15/h2-5H,1H3,(H,14,15). The second-order valence-electron chi connectivity index (χ2n) is 2.99. The van der Waals surface area contributed by atoms with E-state index in [0.717, 1.165) is 0 Å². The highest BCUT2D eigenvalue weighted by molar-refractivity contribution is 7.99. The summed E-state index contributed by atoms with van der Waals surface area (Å²) in [5, 5.41) is 17.6. The largest absolute Gasteiger partial charge is 0.477 e. The third kappa shape index (κ3) is 2.19. The molecule has 16 heavy (non-hydrogen) atoms. The molecule has 2 rings (SSSR count). The van der Waals surface area contributed by atoms with Crippen LogP contribution in [0.4, 0.5) is 0 Å². The third-order valence-corrected chi connectivity index (χ3v) is 2.80. The van der Waals surface area contributed by atoms with Crippen molar-refractivity contribution in [2.24, 2.45) is 7.05 Å². The second-order valence-corrected chi connectivity index (χ2v) is 3.98.